The van der Waals surface area contributed by atoms with Gasteiger partial charge in [-0.3, -0.25) is 4.57 Å². The summed E-state index contributed by atoms with van der Waals surface area (Å²) in [5, 5.41) is 0. The minimum absolute atomic E-state index is 0.178. The summed E-state index contributed by atoms with van der Waals surface area (Å²) in [6.07, 6.45) is 0.809. The van der Waals surface area contributed by atoms with Crippen molar-refractivity contribution in [2.45, 2.75) is 27.2 Å². The lowest BCUT2D eigenvalue weighted by Crippen LogP contribution is -2.07. The van der Waals surface area contributed by atoms with Gasteiger partial charge in [0.15, 0.2) is 0 Å². The van der Waals surface area contributed by atoms with Crippen molar-refractivity contribution in [3.8, 4) is 0 Å². The Kier molecular flexibility index (Phi) is 4.18. The zero-order valence-corrected chi connectivity index (χ0v) is 7.68. The summed E-state index contributed by atoms with van der Waals surface area (Å²) in [4.78, 5) is 8.27. The molecule has 0 radical (unpaired) electrons. The first-order valence-electron chi connectivity index (χ1n) is 3.27. The predicted octanol–water partition coefficient (Wildman–Crippen LogP) is 1.82. The van der Waals surface area contributed by atoms with Crippen molar-refractivity contribution in [1.82, 2.24) is 0 Å². The van der Waals surface area contributed by atoms with Gasteiger partial charge in [0, 0.05) is 0 Å². The third-order valence-electron chi connectivity index (χ3n) is 1.08. The van der Waals surface area contributed by atoms with Crippen molar-refractivity contribution in [1.29, 1.82) is 0 Å². The summed E-state index contributed by atoms with van der Waals surface area (Å²) in [6, 6.07) is 0. The fourth-order valence-electron chi connectivity index (χ4n) is 0.445. The van der Waals surface area contributed by atoms with Gasteiger partial charge in [0.1, 0.15) is 0 Å². The van der Waals surface area contributed by atoms with Gasteiger partial charge in [0.2, 0.25) is 0 Å². The second kappa shape index (κ2) is 4.12. The largest absolute Gasteiger partial charge is 0.326 e. The molecule has 0 aromatic heterocycles. The second-order valence-electron chi connectivity index (χ2n) is 3.43. The first-order valence-corrected chi connectivity index (χ1v) is 4.54. The number of rotatable bonds is 3. The molecule has 0 spiro atoms. The van der Waals surface area contributed by atoms with Gasteiger partial charge in [-0.1, -0.05) is 20.8 Å². The lowest BCUT2D eigenvalue weighted by atomic mass is 9.93. The smallest absolute Gasteiger partial charge is 0.316 e. The monoisotopic (exact) mass is 166 g/mol. The molecule has 0 saturated carbocycles. The molecule has 0 heterocycles. The summed E-state index contributed by atoms with van der Waals surface area (Å²) in [5.41, 5.74) is 0.178. The predicted molar refractivity (Wildman–Crippen MR) is 41.2 cm³/mol. The Morgan fingerprint density at radius 3 is 2.30 bits per heavy atom. The molecule has 0 rings (SSSR count). The van der Waals surface area contributed by atoms with Gasteiger partial charge in [-0.15, -0.1) is 0 Å². The Morgan fingerprint density at radius 2 is 2.00 bits per heavy atom. The van der Waals surface area contributed by atoms with Crippen LogP contribution in [-0.2, 0) is 9.09 Å². The zero-order chi connectivity index (χ0) is 8.20. The lowest BCUT2D eigenvalue weighted by Gasteiger charge is -2.16. The summed E-state index contributed by atoms with van der Waals surface area (Å²) < 4.78 is 14.6. The normalized spacial score (nSPS) is 15.2. The highest BCUT2D eigenvalue weighted by atomic mass is 31.1. The Balaban J connectivity index is 3.29. The van der Waals surface area contributed by atoms with Crippen molar-refractivity contribution in [2.24, 2.45) is 5.41 Å². The molecule has 0 fully saturated rings. The van der Waals surface area contributed by atoms with E-state index in [1.165, 1.54) is 0 Å². The van der Waals surface area contributed by atoms with Gasteiger partial charge in [-0.2, -0.15) is 0 Å². The third-order valence-corrected chi connectivity index (χ3v) is 1.53. The summed E-state index contributed by atoms with van der Waals surface area (Å²) in [6.45, 7) is 6.55. The van der Waals surface area contributed by atoms with Crippen LogP contribution in [0.4, 0.5) is 0 Å². The zero-order valence-electron chi connectivity index (χ0n) is 6.68. The van der Waals surface area contributed by atoms with Gasteiger partial charge < -0.3 is 9.42 Å². The average Bonchev–Trinajstić information content (AvgIpc) is 1.59. The number of hydrogen-bond donors (Lipinski definition) is 1. The molecule has 0 amide bonds. The van der Waals surface area contributed by atoms with Gasteiger partial charge in [0.05, 0.1) is 6.61 Å². The number of hydrogen-bond acceptors (Lipinski definition) is 2. The highest BCUT2D eigenvalue weighted by Gasteiger charge is 2.09. The van der Waals surface area contributed by atoms with E-state index in [0.717, 1.165) is 6.42 Å². The van der Waals surface area contributed by atoms with Gasteiger partial charge >= 0.3 is 8.25 Å². The van der Waals surface area contributed by atoms with Crippen molar-refractivity contribution in [3.05, 3.63) is 0 Å². The highest BCUT2D eigenvalue weighted by molar-refractivity contribution is 7.32. The maximum atomic E-state index is 10.0. The van der Waals surface area contributed by atoms with Crippen LogP contribution in [0.3, 0.4) is 0 Å². The van der Waals surface area contributed by atoms with Gasteiger partial charge in [-0.25, -0.2) is 0 Å². The molecule has 1 unspecified atom stereocenters. The SMILES string of the molecule is CC(C)(C)CCO[PH](=O)O. The fraction of sp³-hybridized carbons (Fsp3) is 1.00. The van der Waals surface area contributed by atoms with E-state index < -0.39 is 8.25 Å². The maximum absolute atomic E-state index is 10.0. The average molecular weight is 166 g/mol. The van der Waals surface area contributed by atoms with Gasteiger partial charge in [0.25, 0.3) is 0 Å². The Hall–Kier alpha value is 0.150. The Labute approximate surface area is 62.3 Å². The third kappa shape index (κ3) is 8.15. The molecule has 0 saturated heterocycles. The molecule has 1 N–H and O–H groups in total. The molecule has 0 bridgehead atoms. The van der Waals surface area contributed by atoms with E-state index in [2.05, 4.69) is 25.3 Å². The molecule has 62 valence electrons. The van der Waals surface area contributed by atoms with Crippen LogP contribution in [0.25, 0.3) is 0 Å². The van der Waals surface area contributed by atoms with E-state index >= 15 is 0 Å². The molecule has 0 aliphatic carbocycles. The molecule has 0 aliphatic heterocycles. The first kappa shape index (κ1) is 10.2. The lowest BCUT2D eigenvalue weighted by molar-refractivity contribution is 0.229. The van der Waals surface area contributed by atoms with Gasteiger partial charge in [-0.05, 0) is 11.8 Å². The molecule has 3 nitrogen and oxygen atoms in total. The van der Waals surface area contributed by atoms with Crippen molar-refractivity contribution in [2.75, 3.05) is 6.61 Å². The fourth-order valence-corrected chi connectivity index (χ4v) is 0.721. The van der Waals surface area contributed by atoms with E-state index in [-0.39, 0.29) is 5.41 Å². The van der Waals surface area contributed by atoms with Crippen LogP contribution >= 0.6 is 8.25 Å². The van der Waals surface area contributed by atoms with Crippen molar-refractivity contribution in [3.63, 3.8) is 0 Å². The van der Waals surface area contributed by atoms with Crippen LogP contribution < -0.4 is 0 Å². The van der Waals surface area contributed by atoms with Crippen LogP contribution in [-0.4, -0.2) is 11.5 Å². The minimum Gasteiger partial charge on any atom is -0.326 e. The quantitative estimate of drug-likeness (QED) is 0.650. The maximum Gasteiger partial charge on any atom is 0.316 e. The van der Waals surface area contributed by atoms with Crippen LogP contribution in [0.1, 0.15) is 27.2 Å². The second-order valence-corrected chi connectivity index (χ2v) is 4.25. The van der Waals surface area contributed by atoms with Crippen molar-refractivity contribution < 1.29 is 14.0 Å². The first-order chi connectivity index (χ1) is 4.42. The van der Waals surface area contributed by atoms with E-state index in [0.29, 0.717) is 6.61 Å². The van der Waals surface area contributed by atoms with Crippen LogP contribution in [0.5, 0.6) is 0 Å². The topological polar surface area (TPSA) is 46.5 Å². The van der Waals surface area contributed by atoms with Crippen LogP contribution in [0.2, 0.25) is 0 Å². The van der Waals surface area contributed by atoms with Crippen molar-refractivity contribution >= 4 is 8.25 Å². The highest BCUT2D eigenvalue weighted by Crippen LogP contribution is 2.22. The molecule has 0 aromatic carbocycles. The molecule has 0 aromatic rings. The molecular weight excluding hydrogens is 151 g/mol. The summed E-state index contributed by atoms with van der Waals surface area (Å²) >= 11 is 0. The Morgan fingerprint density at radius 1 is 1.50 bits per heavy atom. The van der Waals surface area contributed by atoms with Crippen LogP contribution in [0, 0.1) is 5.41 Å². The molecule has 1 atom stereocenters. The Bertz CT molecular complexity index is 117. The molecule has 10 heavy (non-hydrogen) atoms. The van der Waals surface area contributed by atoms with E-state index in [1.54, 1.807) is 0 Å². The minimum atomic E-state index is -2.71. The van der Waals surface area contributed by atoms with E-state index in [1.807, 2.05) is 0 Å². The van der Waals surface area contributed by atoms with Crippen LogP contribution in [0.15, 0.2) is 0 Å². The van der Waals surface area contributed by atoms with E-state index in [4.69, 9.17) is 4.89 Å². The van der Waals surface area contributed by atoms with E-state index in [9.17, 15) is 4.57 Å². The molecule has 0 aliphatic rings. The summed E-state index contributed by atoms with van der Waals surface area (Å²) in [7, 11) is -2.71. The molecule has 4 heteroatoms. The standard InChI is InChI=1S/C6H15O3P/c1-6(2,3)4-5-9-10(7)8/h10H,4-5H2,1-3H3,(H,7,8). The summed E-state index contributed by atoms with van der Waals surface area (Å²) in [5.74, 6) is 0. The molecular formula is C6H15O3P.